The van der Waals surface area contributed by atoms with Crippen LogP contribution in [-0.2, 0) is 11.3 Å². The highest BCUT2D eigenvalue weighted by Gasteiger charge is 2.48. The molecule has 0 spiro atoms. The van der Waals surface area contributed by atoms with Crippen LogP contribution in [0.25, 0.3) is 11.5 Å². The number of fused-ring (bicyclic) bond motifs is 1. The zero-order chi connectivity index (χ0) is 24.6. The number of nitrogens with zero attached hydrogens (tertiary/aromatic N) is 3. The molecule has 1 N–H and O–H groups in total. The van der Waals surface area contributed by atoms with Crippen molar-refractivity contribution in [2.24, 2.45) is 0 Å². The number of nitrogens with one attached hydrogen (secondary N) is 1. The van der Waals surface area contributed by atoms with Crippen molar-refractivity contribution in [1.82, 2.24) is 19.7 Å². The summed E-state index contributed by atoms with van der Waals surface area (Å²) in [4.78, 5) is 32.0. The minimum Gasteiger partial charge on any atom is -0.463 e. The van der Waals surface area contributed by atoms with Crippen LogP contribution in [0.5, 0.6) is 0 Å². The lowest BCUT2D eigenvalue weighted by Gasteiger charge is -2.45. The molecule has 7 nitrogen and oxygen atoms in total. The van der Waals surface area contributed by atoms with Crippen molar-refractivity contribution >= 4 is 11.8 Å². The second-order valence-electron chi connectivity index (χ2n) is 11.1. The van der Waals surface area contributed by atoms with Crippen molar-refractivity contribution in [2.75, 3.05) is 13.1 Å². The Morgan fingerprint density at radius 2 is 1.74 bits per heavy atom. The fraction of sp³-hybridized carbons (Fsp3) is 0.643. The quantitative estimate of drug-likeness (QED) is 0.625. The van der Waals surface area contributed by atoms with Crippen LogP contribution in [0, 0.1) is 0 Å². The molecule has 2 aromatic rings. The minimum atomic E-state index is -0.952. The largest absolute Gasteiger partial charge is 0.463 e. The summed E-state index contributed by atoms with van der Waals surface area (Å²) in [6.07, 6.45) is 10.6. The van der Waals surface area contributed by atoms with Gasteiger partial charge in [0.05, 0.1) is 18.5 Å². The number of hydrogen-bond acceptors (Lipinski definition) is 4. The first-order valence-corrected chi connectivity index (χ1v) is 13.5. The van der Waals surface area contributed by atoms with Crippen molar-refractivity contribution < 1.29 is 14.0 Å². The standard InChI is InChI=1S/C28H40N4O3/c1-20-9-6-10-21(2)30(20)16-8-17-32-26(33)24-15-14-23(25-13-7-18-35-25)31(24)19-28(32,3)27(34)29-22-11-4-5-12-22/h7,13-15,18,20-22H,4-6,8-12,16-17,19H2,1-3H3,(H,29,34). The van der Waals surface area contributed by atoms with E-state index in [9.17, 15) is 9.59 Å². The van der Waals surface area contributed by atoms with Gasteiger partial charge in [0.15, 0.2) is 0 Å². The monoisotopic (exact) mass is 480 g/mol. The number of amides is 2. The average Bonchev–Trinajstić information content (AvgIpc) is 3.59. The molecule has 0 aromatic carbocycles. The van der Waals surface area contributed by atoms with Crippen LogP contribution in [0.3, 0.4) is 0 Å². The zero-order valence-electron chi connectivity index (χ0n) is 21.5. The molecule has 1 saturated carbocycles. The lowest BCUT2D eigenvalue weighted by molar-refractivity contribution is -0.133. The second-order valence-corrected chi connectivity index (χ2v) is 11.1. The molecule has 5 rings (SSSR count). The number of carbonyl (C=O) groups excluding carboxylic acids is 2. The van der Waals surface area contributed by atoms with Gasteiger partial charge in [0.25, 0.3) is 5.91 Å². The van der Waals surface area contributed by atoms with E-state index < -0.39 is 5.54 Å². The Bertz CT molecular complexity index is 1030. The number of furan rings is 1. The highest BCUT2D eigenvalue weighted by atomic mass is 16.3. The number of rotatable bonds is 7. The molecular weight excluding hydrogens is 440 g/mol. The zero-order valence-corrected chi connectivity index (χ0v) is 21.5. The Labute approximate surface area is 208 Å². The van der Waals surface area contributed by atoms with E-state index in [4.69, 9.17) is 4.42 Å². The molecule has 190 valence electrons. The molecule has 2 aliphatic heterocycles. The lowest BCUT2D eigenvalue weighted by atomic mass is 9.93. The number of aromatic nitrogens is 1. The van der Waals surface area contributed by atoms with E-state index in [1.807, 2.05) is 40.7 Å². The summed E-state index contributed by atoms with van der Waals surface area (Å²) in [5.41, 5.74) is 0.516. The Hall–Kier alpha value is -2.54. The Morgan fingerprint density at radius 1 is 1.03 bits per heavy atom. The smallest absolute Gasteiger partial charge is 0.271 e. The molecule has 3 aliphatic rings. The van der Waals surface area contributed by atoms with Crippen molar-refractivity contribution in [3.63, 3.8) is 0 Å². The van der Waals surface area contributed by atoms with Crippen LogP contribution in [0.2, 0.25) is 0 Å². The number of piperidine rings is 1. The molecule has 35 heavy (non-hydrogen) atoms. The van der Waals surface area contributed by atoms with Crippen LogP contribution < -0.4 is 5.32 Å². The molecule has 2 fully saturated rings. The molecule has 1 aliphatic carbocycles. The number of carbonyl (C=O) groups is 2. The van der Waals surface area contributed by atoms with Gasteiger partial charge in [0.2, 0.25) is 5.91 Å². The predicted octanol–water partition coefficient (Wildman–Crippen LogP) is 4.67. The van der Waals surface area contributed by atoms with Gasteiger partial charge in [-0.3, -0.25) is 14.5 Å². The third-order valence-electron chi connectivity index (χ3n) is 8.63. The Balaban J connectivity index is 1.40. The van der Waals surface area contributed by atoms with Crippen LogP contribution in [0.15, 0.2) is 34.9 Å². The van der Waals surface area contributed by atoms with Gasteiger partial charge in [0, 0.05) is 31.2 Å². The maximum atomic E-state index is 13.8. The lowest BCUT2D eigenvalue weighted by Crippen LogP contribution is -2.65. The molecule has 3 atom stereocenters. The van der Waals surface area contributed by atoms with Gasteiger partial charge in [-0.25, -0.2) is 0 Å². The van der Waals surface area contributed by atoms with Gasteiger partial charge >= 0.3 is 0 Å². The van der Waals surface area contributed by atoms with Crippen LogP contribution >= 0.6 is 0 Å². The molecule has 2 aromatic heterocycles. The highest BCUT2D eigenvalue weighted by molar-refractivity contribution is 6.00. The van der Waals surface area contributed by atoms with Gasteiger partial charge in [-0.05, 0) is 77.1 Å². The molecular formula is C28H40N4O3. The first kappa shape index (κ1) is 24.2. The first-order chi connectivity index (χ1) is 16.9. The predicted molar refractivity (Wildman–Crippen MR) is 136 cm³/mol. The summed E-state index contributed by atoms with van der Waals surface area (Å²) >= 11 is 0. The Morgan fingerprint density at radius 3 is 2.43 bits per heavy atom. The van der Waals surface area contributed by atoms with Gasteiger partial charge in [-0.1, -0.05) is 19.3 Å². The van der Waals surface area contributed by atoms with E-state index >= 15 is 0 Å². The summed E-state index contributed by atoms with van der Waals surface area (Å²) in [5.74, 6) is 0.601. The maximum absolute atomic E-state index is 13.8. The molecule has 0 bridgehead atoms. The normalized spacial score (nSPS) is 27.9. The summed E-state index contributed by atoms with van der Waals surface area (Å²) in [6, 6.07) is 8.90. The summed E-state index contributed by atoms with van der Waals surface area (Å²) in [5, 5.41) is 3.29. The summed E-state index contributed by atoms with van der Waals surface area (Å²) in [7, 11) is 0. The van der Waals surface area contributed by atoms with Crippen molar-refractivity contribution in [3.8, 4) is 11.5 Å². The van der Waals surface area contributed by atoms with E-state index in [1.165, 1.54) is 19.3 Å². The first-order valence-electron chi connectivity index (χ1n) is 13.5. The maximum Gasteiger partial charge on any atom is 0.271 e. The fourth-order valence-electron chi connectivity index (χ4n) is 6.50. The van der Waals surface area contributed by atoms with E-state index in [0.717, 1.165) is 44.3 Å². The number of hydrogen-bond donors (Lipinski definition) is 1. The van der Waals surface area contributed by atoms with E-state index in [1.54, 1.807) is 6.26 Å². The van der Waals surface area contributed by atoms with Crippen molar-refractivity contribution in [1.29, 1.82) is 0 Å². The molecule has 2 amide bonds. The summed E-state index contributed by atoms with van der Waals surface area (Å²) in [6.45, 7) is 8.51. The average molecular weight is 481 g/mol. The van der Waals surface area contributed by atoms with Gasteiger partial charge in [-0.2, -0.15) is 0 Å². The molecule has 7 heteroatoms. The Kier molecular flexibility index (Phi) is 6.80. The second kappa shape index (κ2) is 9.84. The van der Waals surface area contributed by atoms with Crippen LogP contribution in [0.4, 0.5) is 0 Å². The minimum absolute atomic E-state index is 0.0396. The summed E-state index contributed by atoms with van der Waals surface area (Å²) < 4.78 is 7.62. The van der Waals surface area contributed by atoms with E-state index in [0.29, 0.717) is 36.6 Å². The van der Waals surface area contributed by atoms with E-state index in [2.05, 4.69) is 24.1 Å². The third kappa shape index (κ3) is 4.55. The molecule has 1 saturated heterocycles. The molecule has 0 radical (unpaired) electrons. The van der Waals surface area contributed by atoms with Crippen LogP contribution in [-0.4, -0.2) is 62.9 Å². The molecule has 4 heterocycles. The van der Waals surface area contributed by atoms with Gasteiger partial charge in [-0.15, -0.1) is 0 Å². The van der Waals surface area contributed by atoms with Crippen molar-refractivity contribution in [2.45, 2.75) is 102 Å². The fourth-order valence-corrected chi connectivity index (χ4v) is 6.50. The molecule has 3 unspecified atom stereocenters. The van der Waals surface area contributed by atoms with Gasteiger partial charge in [0.1, 0.15) is 17.0 Å². The number of likely N-dealkylation sites (tertiary alicyclic amines) is 1. The topological polar surface area (TPSA) is 70.7 Å². The van der Waals surface area contributed by atoms with Crippen LogP contribution in [0.1, 0.15) is 82.6 Å². The SMILES string of the molecule is CC1CCCC(C)N1CCCN1C(=O)c2ccc(-c3ccco3)n2CC1(C)C(=O)NC1CCCC1. The van der Waals surface area contributed by atoms with Crippen molar-refractivity contribution in [3.05, 3.63) is 36.2 Å². The van der Waals surface area contributed by atoms with E-state index in [-0.39, 0.29) is 17.9 Å². The van der Waals surface area contributed by atoms with Gasteiger partial charge < -0.3 is 19.2 Å². The highest BCUT2D eigenvalue weighted by Crippen LogP contribution is 2.34. The third-order valence-corrected chi connectivity index (χ3v) is 8.63.